The first-order valence-corrected chi connectivity index (χ1v) is 9.18. The topological polar surface area (TPSA) is 49.4 Å². The quantitative estimate of drug-likeness (QED) is 0.928. The summed E-state index contributed by atoms with van der Waals surface area (Å²) in [5, 5.41) is 3.25. The second-order valence-corrected chi connectivity index (χ2v) is 8.04. The van der Waals surface area contributed by atoms with Crippen molar-refractivity contribution >= 4 is 17.5 Å². The zero-order chi connectivity index (χ0) is 16.8. The largest absolute Gasteiger partial charge is 0.353 e. The Balaban J connectivity index is 1.42. The summed E-state index contributed by atoms with van der Waals surface area (Å²) in [7, 11) is 0. The Kier molecular flexibility index (Phi) is 3.86. The summed E-state index contributed by atoms with van der Waals surface area (Å²) < 4.78 is 0. The minimum atomic E-state index is -0.211. The molecule has 0 spiro atoms. The van der Waals surface area contributed by atoms with Gasteiger partial charge in [0.05, 0.1) is 5.92 Å². The first-order valence-electron chi connectivity index (χ1n) is 9.18. The monoisotopic (exact) mass is 326 g/mol. The van der Waals surface area contributed by atoms with Gasteiger partial charge in [-0.15, -0.1) is 0 Å². The molecule has 24 heavy (non-hydrogen) atoms. The van der Waals surface area contributed by atoms with E-state index >= 15 is 0 Å². The molecular weight excluding hydrogens is 300 g/mol. The highest BCUT2D eigenvalue weighted by Gasteiger charge is 2.42. The van der Waals surface area contributed by atoms with E-state index < -0.39 is 0 Å². The van der Waals surface area contributed by atoms with E-state index in [-0.39, 0.29) is 17.7 Å². The predicted octanol–water partition coefficient (Wildman–Crippen LogP) is 2.96. The smallest absolute Gasteiger partial charge is 0.227 e. The first-order chi connectivity index (χ1) is 11.5. The molecular formula is C20H26N2O2. The van der Waals surface area contributed by atoms with E-state index in [2.05, 4.69) is 11.4 Å². The molecule has 1 N–H and O–H groups in total. The highest BCUT2D eigenvalue weighted by Crippen LogP contribution is 2.44. The highest BCUT2D eigenvalue weighted by atomic mass is 16.2. The molecule has 0 aromatic heterocycles. The molecule has 2 saturated carbocycles. The van der Waals surface area contributed by atoms with Gasteiger partial charge in [-0.2, -0.15) is 0 Å². The number of fused-ring (bicyclic) bond motifs is 2. The molecule has 1 aliphatic heterocycles. The molecule has 4 heteroatoms. The Labute approximate surface area is 143 Å². The maximum absolute atomic E-state index is 12.6. The van der Waals surface area contributed by atoms with E-state index in [0.29, 0.717) is 24.9 Å². The zero-order valence-corrected chi connectivity index (χ0v) is 14.5. The lowest BCUT2D eigenvalue weighted by molar-refractivity contribution is -0.127. The van der Waals surface area contributed by atoms with Gasteiger partial charge in [-0.1, -0.05) is 12.5 Å². The molecule has 0 unspecified atom stereocenters. The Morgan fingerprint density at radius 2 is 1.88 bits per heavy atom. The molecule has 3 aliphatic rings. The Morgan fingerprint density at radius 1 is 1.12 bits per heavy atom. The van der Waals surface area contributed by atoms with Crippen molar-refractivity contribution in [2.75, 3.05) is 11.4 Å². The van der Waals surface area contributed by atoms with Gasteiger partial charge in [0.15, 0.2) is 0 Å². The lowest BCUT2D eigenvalue weighted by Crippen LogP contribution is -2.42. The van der Waals surface area contributed by atoms with E-state index in [1.54, 1.807) is 4.90 Å². The van der Waals surface area contributed by atoms with Crippen molar-refractivity contribution in [2.45, 2.75) is 52.0 Å². The van der Waals surface area contributed by atoms with E-state index in [1.807, 2.05) is 26.0 Å². The minimum Gasteiger partial charge on any atom is -0.353 e. The van der Waals surface area contributed by atoms with Gasteiger partial charge in [-0.25, -0.2) is 0 Å². The van der Waals surface area contributed by atoms with Crippen LogP contribution < -0.4 is 10.2 Å². The van der Waals surface area contributed by atoms with E-state index in [0.717, 1.165) is 29.2 Å². The third kappa shape index (κ3) is 2.83. The summed E-state index contributed by atoms with van der Waals surface area (Å²) >= 11 is 0. The minimum absolute atomic E-state index is 0.0630. The number of carbonyl (C=O) groups is 2. The molecule has 1 saturated heterocycles. The van der Waals surface area contributed by atoms with Crippen LogP contribution in [-0.2, 0) is 9.59 Å². The molecule has 1 heterocycles. The average molecular weight is 326 g/mol. The number of hydrogen-bond acceptors (Lipinski definition) is 2. The lowest BCUT2D eigenvalue weighted by Gasteiger charge is -2.24. The number of amides is 2. The van der Waals surface area contributed by atoms with Gasteiger partial charge in [0, 0.05) is 24.7 Å². The number of nitrogens with one attached hydrogen (secondary N) is 1. The average Bonchev–Trinajstić information content (AvgIpc) is 3.21. The molecule has 2 aliphatic carbocycles. The number of rotatable bonds is 3. The maximum Gasteiger partial charge on any atom is 0.227 e. The van der Waals surface area contributed by atoms with Crippen molar-refractivity contribution in [2.24, 2.45) is 17.8 Å². The summed E-state index contributed by atoms with van der Waals surface area (Å²) in [6.07, 6.45) is 5.34. The van der Waals surface area contributed by atoms with Crippen LogP contribution >= 0.6 is 0 Å². The summed E-state index contributed by atoms with van der Waals surface area (Å²) in [6.45, 7) is 4.58. The van der Waals surface area contributed by atoms with Crippen LogP contribution in [0, 0.1) is 31.6 Å². The Bertz CT molecular complexity index is 664. The van der Waals surface area contributed by atoms with Gasteiger partial charge >= 0.3 is 0 Å². The zero-order valence-electron chi connectivity index (χ0n) is 14.5. The Morgan fingerprint density at radius 3 is 2.50 bits per heavy atom. The molecule has 2 amide bonds. The number of carbonyl (C=O) groups excluding carboxylic acids is 2. The molecule has 0 radical (unpaired) electrons. The molecule has 1 aromatic carbocycles. The van der Waals surface area contributed by atoms with Gasteiger partial charge in [0.2, 0.25) is 11.8 Å². The first kappa shape index (κ1) is 15.7. The SMILES string of the molecule is Cc1cc(C)cc(N2C[C@H](C(=O)N[C@H]3C[C@H]4CC[C@H]3C4)CC2=O)c1. The van der Waals surface area contributed by atoms with Crippen molar-refractivity contribution in [3.8, 4) is 0 Å². The Hall–Kier alpha value is -1.84. The van der Waals surface area contributed by atoms with Crippen molar-refractivity contribution in [3.05, 3.63) is 29.3 Å². The van der Waals surface area contributed by atoms with Crippen LogP contribution in [0.4, 0.5) is 5.69 Å². The van der Waals surface area contributed by atoms with Crippen LogP contribution in [0.1, 0.15) is 43.2 Å². The summed E-state index contributed by atoms with van der Waals surface area (Å²) in [4.78, 5) is 26.8. The van der Waals surface area contributed by atoms with E-state index in [1.165, 1.54) is 19.3 Å². The standard InChI is InChI=1S/C20H26N2O2/c1-12-5-13(2)7-17(6-12)22-11-16(10-19(22)23)20(24)21-18-9-14-3-4-15(18)8-14/h5-7,14-16,18H,3-4,8-11H2,1-2H3,(H,21,24)/t14-,15-,16+,18-/m0/s1. The van der Waals surface area contributed by atoms with Crippen LogP contribution in [-0.4, -0.2) is 24.4 Å². The van der Waals surface area contributed by atoms with Crippen molar-refractivity contribution < 1.29 is 9.59 Å². The third-order valence-electron chi connectivity index (χ3n) is 6.08. The van der Waals surface area contributed by atoms with Crippen molar-refractivity contribution in [1.29, 1.82) is 0 Å². The summed E-state index contributed by atoms with van der Waals surface area (Å²) in [5.74, 6) is 1.42. The lowest BCUT2D eigenvalue weighted by atomic mass is 9.94. The second-order valence-electron chi connectivity index (χ2n) is 8.04. The van der Waals surface area contributed by atoms with Gasteiger partial charge in [-0.3, -0.25) is 9.59 Å². The summed E-state index contributed by atoms with van der Waals surface area (Å²) in [6, 6.07) is 6.51. The van der Waals surface area contributed by atoms with E-state index in [4.69, 9.17) is 0 Å². The van der Waals surface area contributed by atoms with Crippen LogP contribution in [0.25, 0.3) is 0 Å². The molecule has 4 nitrogen and oxygen atoms in total. The number of benzene rings is 1. The molecule has 4 rings (SSSR count). The maximum atomic E-state index is 12.6. The van der Waals surface area contributed by atoms with Crippen molar-refractivity contribution in [3.63, 3.8) is 0 Å². The number of nitrogens with zero attached hydrogens (tertiary/aromatic N) is 1. The molecule has 4 atom stereocenters. The predicted molar refractivity (Wildman–Crippen MR) is 93.8 cm³/mol. The highest BCUT2D eigenvalue weighted by molar-refractivity contribution is 6.00. The molecule has 128 valence electrons. The number of anilines is 1. The molecule has 3 fully saturated rings. The fraction of sp³-hybridized carbons (Fsp3) is 0.600. The number of hydrogen-bond donors (Lipinski definition) is 1. The van der Waals surface area contributed by atoms with Crippen molar-refractivity contribution in [1.82, 2.24) is 5.32 Å². The van der Waals surface area contributed by atoms with E-state index in [9.17, 15) is 9.59 Å². The van der Waals surface area contributed by atoms with Crippen LogP contribution in [0.5, 0.6) is 0 Å². The summed E-state index contributed by atoms with van der Waals surface area (Å²) in [5.41, 5.74) is 3.22. The van der Waals surface area contributed by atoms with Crippen LogP contribution in [0.3, 0.4) is 0 Å². The van der Waals surface area contributed by atoms with Crippen LogP contribution in [0.2, 0.25) is 0 Å². The van der Waals surface area contributed by atoms with Gasteiger partial charge in [0.1, 0.15) is 0 Å². The fourth-order valence-corrected chi connectivity index (χ4v) is 4.96. The molecule has 2 bridgehead atoms. The second kappa shape index (κ2) is 5.91. The third-order valence-corrected chi connectivity index (χ3v) is 6.08. The van der Waals surface area contributed by atoms with Gasteiger partial charge < -0.3 is 10.2 Å². The fourth-order valence-electron chi connectivity index (χ4n) is 4.96. The van der Waals surface area contributed by atoms with Gasteiger partial charge in [0.25, 0.3) is 0 Å². The van der Waals surface area contributed by atoms with Crippen LogP contribution in [0.15, 0.2) is 18.2 Å². The number of aryl methyl sites for hydroxylation is 2. The van der Waals surface area contributed by atoms with Gasteiger partial charge in [-0.05, 0) is 68.2 Å². The normalized spacial score (nSPS) is 31.8. The molecule has 1 aromatic rings.